The molecule has 1 N–H and O–H groups in total. The van der Waals surface area contributed by atoms with Crippen LogP contribution < -0.4 is 5.32 Å². The lowest BCUT2D eigenvalue weighted by Crippen LogP contribution is -2.17. The number of carbonyl (C=O) groups is 1. The molecule has 0 unspecified atom stereocenters. The fourth-order valence-corrected chi connectivity index (χ4v) is 6.57. The summed E-state index contributed by atoms with van der Waals surface area (Å²) in [5, 5.41) is 3.94. The number of rotatable bonds is 6. The molecule has 0 radical (unpaired) electrons. The number of nitrogens with one attached hydrogen (secondary N) is 1. The Morgan fingerprint density at radius 1 is 0.947 bits per heavy atom. The maximum absolute atomic E-state index is 13.8. The van der Waals surface area contributed by atoms with E-state index in [1.54, 1.807) is 42.5 Å². The van der Waals surface area contributed by atoms with Gasteiger partial charge in [0.05, 0.1) is 38.0 Å². The van der Waals surface area contributed by atoms with Crippen LogP contribution in [-0.2, 0) is 21.0 Å². The Kier molecular flexibility index (Phi) is 6.84. The number of hydrogen-bond acceptors (Lipinski definition) is 5. The van der Waals surface area contributed by atoms with Crippen molar-refractivity contribution in [1.82, 2.24) is 8.96 Å². The van der Waals surface area contributed by atoms with Gasteiger partial charge in [0.25, 0.3) is 10.0 Å². The topological polar surface area (TPSA) is 81.1 Å². The van der Waals surface area contributed by atoms with E-state index >= 15 is 0 Å². The van der Waals surface area contributed by atoms with Gasteiger partial charge in [0, 0.05) is 0 Å². The van der Waals surface area contributed by atoms with E-state index in [1.165, 1.54) is 6.07 Å². The van der Waals surface area contributed by atoms with Crippen molar-refractivity contribution in [1.29, 1.82) is 0 Å². The van der Waals surface area contributed by atoms with Crippen LogP contribution in [0.25, 0.3) is 21.8 Å². The van der Waals surface area contributed by atoms with Gasteiger partial charge in [-0.1, -0.05) is 65.8 Å². The molecule has 5 rings (SSSR count). The molecule has 0 bridgehead atoms. The summed E-state index contributed by atoms with van der Waals surface area (Å²) in [6, 6.07) is 21.3. The molecule has 1 aromatic heterocycles. The molecule has 0 aliphatic carbocycles. The number of aromatic nitrogens is 2. The van der Waals surface area contributed by atoms with Crippen LogP contribution >= 0.6 is 23.4 Å². The number of fused-ring (bicyclic) bond motifs is 2. The second kappa shape index (κ2) is 9.97. The van der Waals surface area contributed by atoms with Crippen molar-refractivity contribution in [3.63, 3.8) is 0 Å². The minimum absolute atomic E-state index is 0.0321. The first-order valence-electron chi connectivity index (χ1n) is 11.1. The molecule has 12 heteroatoms. The standard InChI is InChI=1S/C26H17ClF3N3O3S2/c27-20-12-10-18(26(28,29)30)14-22(20)31-24(34)15-37-25-32-21-7-3-4-8-23(21)33(25)38(35,36)19-11-9-16-5-1-2-6-17(16)13-19/h1-14H,15H2,(H,31,34). The molecule has 0 aliphatic rings. The normalized spacial score (nSPS) is 12.2. The molecule has 1 amide bonds. The van der Waals surface area contributed by atoms with E-state index < -0.39 is 27.7 Å². The van der Waals surface area contributed by atoms with Gasteiger partial charge in [-0.15, -0.1) is 0 Å². The Morgan fingerprint density at radius 2 is 1.66 bits per heavy atom. The van der Waals surface area contributed by atoms with Crippen LogP contribution in [0.15, 0.2) is 95.0 Å². The summed E-state index contributed by atoms with van der Waals surface area (Å²) < 4.78 is 67.8. The lowest BCUT2D eigenvalue weighted by atomic mass is 10.1. The second-order valence-corrected chi connectivity index (χ2v) is 11.3. The van der Waals surface area contributed by atoms with Gasteiger partial charge in [-0.05, 0) is 53.2 Å². The summed E-state index contributed by atoms with van der Waals surface area (Å²) >= 11 is 6.81. The van der Waals surface area contributed by atoms with Crippen LogP contribution in [0.5, 0.6) is 0 Å². The Balaban J connectivity index is 1.46. The fourth-order valence-electron chi connectivity index (χ4n) is 3.85. The predicted molar refractivity (Wildman–Crippen MR) is 142 cm³/mol. The predicted octanol–water partition coefficient (Wildman–Crippen LogP) is 6.83. The minimum Gasteiger partial charge on any atom is -0.324 e. The average molecular weight is 576 g/mol. The SMILES string of the molecule is O=C(CSc1nc2ccccc2n1S(=O)(=O)c1ccc2ccccc2c1)Nc1cc(C(F)(F)F)ccc1Cl. The lowest BCUT2D eigenvalue weighted by molar-refractivity contribution is -0.137. The summed E-state index contributed by atoms with van der Waals surface area (Å²) in [6.45, 7) is 0. The molecule has 4 aromatic carbocycles. The molecule has 194 valence electrons. The van der Waals surface area contributed by atoms with Gasteiger partial charge in [-0.2, -0.15) is 13.2 Å². The number of benzene rings is 4. The highest BCUT2D eigenvalue weighted by atomic mass is 35.5. The van der Waals surface area contributed by atoms with Crippen LogP contribution in [0.4, 0.5) is 18.9 Å². The van der Waals surface area contributed by atoms with E-state index in [0.29, 0.717) is 11.0 Å². The molecule has 0 atom stereocenters. The van der Waals surface area contributed by atoms with Gasteiger partial charge in [0.15, 0.2) is 5.16 Å². The monoisotopic (exact) mass is 575 g/mol. The van der Waals surface area contributed by atoms with Gasteiger partial charge in [-0.3, -0.25) is 4.79 Å². The zero-order chi connectivity index (χ0) is 27.1. The highest BCUT2D eigenvalue weighted by Crippen LogP contribution is 2.34. The van der Waals surface area contributed by atoms with E-state index in [-0.39, 0.29) is 26.5 Å². The molecule has 6 nitrogen and oxygen atoms in total. The van der Waals surface area contributed by atoms with E-state index in [2.05, 4.69) is 10.3 Å². The molecule has 1 heterocycles. The van der Waals surface area contributed by atoms with Crippen LogP contribution in [0.2, 0.25) is 5.02 Å². The van der Waals surface area contributed by atoms with Crippen molar-refractivity contribution >= 4 is 66.8 Å². The van der Waals surface area contributed by atoms with Crippen LogP contribution in [0.1, 0.15) is 5.56 Å². The Hall–Kier alpha value is -3.54. The van der Waals surface area contributed by atoms with E-state index in [1.807, 2.05) is 18.2 Å². The smallest absolute Gasteiger partial charge is 0.324 e. The van der Waals surface area contributed by atoms with Crippen LogP contribution in [0.3, 0.4) is 0 Å². The van der Waals surface area contributed by atoms with Crippen LogP contribution in [0, 0.1) is 0 Å². The number of para-hydroxylation sites is 2. The number of anilines is 1. The number of imidazole rings is 1. The van der Waals surface area contributed by atoms with Crippen molar-refractivity contribution < 1.29 is 26.4 Å². The van der Waals surface area contributed by atoms with Gasteiger partial charge in [0.1, 0.15) is 0 Å². The summed E-state index contributed by atoms with van der Waals surface area (Å²) in [7, 11) is -4.12. The van der Waals surface area contributed by atoms with Crippen molar-refractivity contribution in [2.45, 2.75) is 16.2 Å². The Bertz CT molecular complexity index is 1800. The number of amides is 1. The third kappa shape index (κ3) is 5.09. The summed E-state index contributed by atoms with van der Waals surface area (Å²) in [6.07, 6.45) is -4.61. The molecular weight excluding hydrogens is 559 g/mol. The summed E-state index contributed by atoms with van der Waals surface area (Å²) in [4.78, 5) is 17.1. The first-order valence-corrected chi connectivity index (χ1v) is 13.9. The quantitative estimate of drug-likeness (QED) is 0.224. The van der Waals surface area contributed by atoms with E-state index in [4.69, 9.17) is 11.6 Å². The highest BCUT2D eigenvalue weighted by Gasteiger charge is 2.31. The van der Waals surface area contributed by atoms with Gasteiger partial charge in [0.2, 0.25) is 5.91 Å². The van der Waals surface area contributed by atoms with Gasteiger partial charge >= 0.3 is 6.18 Å². The zero-order valence-corrected chi connectivity index (χ0v) is 21.6. The number of hydrogen-bond donors (Lipinski definition) is 1. The zero-order valence-electron chi connectivity index (χ0n) is 19.2. The molecule has 0 fully saturated rings. The molecule has 0 spiro atoms. The number of thioether (sulfide) groups is 1. The van der Waals surface area contributed by atoms with E-state index in [0.717, 1.165) is 44.7 Å². The average Bonchev–Trinajstić information content (AvgIpc) is 3.27. The third-order valence-electron chi connectivity index (χ3n) is 5.65. The lowest BCUT2D eigenvalue weighted by Gasteiger charge is -2.12. The Labute approximate surface area is 224 Å². The number of carbonyl (C=O) groups excluding carboxylic acids is 1. The Morgan fingerprint density at radius 3 is 2.42 bits per heavy atom. The first kappa shape index (κ1) is 26.1. The number of alkyl halides is 3. The molecule has 38 heavy (non-hydrogen) atoms. The van der Waals surface area contributed by atoms with Crippen LogP contribution in [-0.4, -0.2) is 29.0 Å². The summed E-state index contributed by atoms with van der Waals surface area (Å²) in [5.74, 6) is -1.01. The van der Waals surface area contributed by atoms with Gasteiger partial charge in [-0.25, -0.2) is 17.4 Å². The molecule has 0 aliphatic heterocycles. The number of halogens is 4. The van der Waals surface area contributed by atoms with Gasteiger partial charge < -0.3 is 5.32 Å². The first-order chi connectivity index (χ1) is 18.0. The molecular formula is C26H17ClF3N3O3S2. The maximum Gasteiger partial charge on any atom is 0.416 e. The third-order valence-corrected chi connectivity index (χ3v) is 8.73. The largest absolute Gasteiger partial charge is 0.416 e. The summed E-state index contributed by atoms with van der Waals surface area (Å²) in [5.41, 5.74) is -0.442. The molecule has 5 aromatic rings. The van der Waals surface area contributed by atoms with Crippen molar-refractivity contribution in [2.75, 3.05) is 11.1 Å². The van der Waals surface area contributed by atoms with E-state index in [9.17, 15) is 26.4 Å². The number of nitrogens with zero attached hydrogens (tertiary/aromatic N) is 2. The van der Waals surface area contributed by atoms with Crippen molar-refractivity contribution in [3.05, 3.63) is 95.5 Å². The maximum atomic E-state index is 13.8. The second-order valence-electron chi connectivity index (χ2n) is 8.19. The molecule has 0 saturated carbocycles. The highest BCUT2D eigenvalue weighted by molar-refractivity contribution is 8.00. The minimum atomic E-state index is -4.61. The van der Waals surface area contributed by atoms with Crippen molar-refractivity contribution in [3.8, 4) is 0 Å². The molecule has 0 saturated heterocycles. The fraction of sp³-hybridized carbons (Fsp3) is 0.0769. The van der Waals surface area contributed by atoms with Crippen molar-refractivity contribution in [2.24, 2.45) is 0 Å².